The highest BCUT2D eigenvalue weighted by Crippen LogP contribution is 2.30. The molecular formula is C20H25N3O2. The maximum atomic E-state index is 12.8. The van der Waals surface area contributed by atoms with Gasteiger partial charge in [-0.3, -0.25) is 4.79 Å². The Morgan fingerprint density at radius 2 is 2.00 bits per heavy atom. The number of nitrogens with zero attached hydrogens (tertiary/aromatic N) is 3. The van der Waals surface area contributed by atoms with Gasteiger partial charge in [-0.25, -0.2) is 4.98 Å². The van der Waals surface area contributed by atoms with E-state index in [9.17, 15) is 4.79 Å². The van der Waals surface area contributed by atoms with Gasteiger partial charge in [0.15, 0.2) is 5.76 Å². The fourth-order valence-corrected chi connectivity index (χ4v) is 3.11. The van der Waals surface area contributed by atoms with Gasteiger partial charge in [0.1, 0.15) is 11.4 Å². The number of aromatic nitrogens is 2. The van der Waals surface area contributed by atoms with Crippen molar-refractivity contribution in [2.75, 3.05) is 13.6 Å². The summed E-state index contributed by atoms with van der Waals surface area (Å²) in [6.07, 6.45) is 5.45. The van der Waals surface area contributed by atoms with Crippen LogP contribution in [-0.4, -0.2) is 34.0 Å². The van der Waals surface area contributed by atoms with Crippen molar-refractivity contribution in [3.8, 4) is 0 Å². The molecule has 0 saturated heterocycles. The van der Waals surface area contributed by atoms with Crippen molar-refractivity contribution in [2.24, 2.45) is 7.05 Å². The molecule has 25 heavy (non-hydrogen) atoms. The van der Waals surface area contributed by atoms with Crippen LogP contribution in [0, 0.1) is 20.8 Å². The van der Waals surface area contributed by atoms with Gasteiger partial charge in [0, 0.05) is 50.4 Å². The Labute approximate surface area is 148 Å². The minimum absolute atomic E-state index is 0.0643. The molecule has 2 heterocycles. The lowest BCUT2D eigenvalue weighted by atomic mass is 10.0. The molecule has 132 valence electrons. The normalized spacial score (nSPS) is 11.2. The van der Waals surface area contributed by atoms with Crippen LogP contribution >= 0.6 is 0 Å². The van der Waals surface area contributed by atoms with E-state index in [2.05, 4.69) is 18.0 Å². The molecule has 0 atom stereocenters. The average molecular weight is 339 g/mol. The fourth-order valence-electron chi connectivity index (χ4n) is 3.11. The molecular weight excluding hydrogens is 314 g/mol. The molecule has 3 aromatic rings. The third-order valence-corrected chi connectivity index (χ3v) is 4.98. The van der Waals surface area contributed by atoms with Gasteiger partial charge in [-0.05, 0) is 38.3 Å². The van der Waals surface area contributed by atoms with Gasteiger partial charge in [0.2, 0.25) is 0 Å². The monoisotopic (exact) mass is 339 g/mol. The second kappa shape index (κ2) is 6.75. The molecule has 1 aromatic carbocycles. The lowest BCUT2D eigenvalue weighted by Crippen LogP contribution is -2.28. The molecule has 0 radical (unpaired) electrons. The van der Waals surface area contributed by atoms with Gasteiger partial charge in [-0.2, -0.15) is 0 Å². The van der Waals surface area contributed by atoms with Gasteiger partial charge in [0.05, 0.1) is 0 Å². The molecule has 0 spiro atoms. The molecule has 0 bridgehead atoms. The number of hydrogen-bond acceptors (Lipinski definition) is 3. The Bertz CT molecular complexity index is 921. The highest BCUT2D eigenvalue weighted by atomic mass is 16.3. The van der Waals surface area contributed by atoms with Crippen LogP contribution in [0.25, 0.3) is 11.0 Å². The molecule has 2 aromatic heterocycles. The first kappa shape index (κ1) is 17.3. The molecule has 0 aliphatic carbocycles. The van der Waals surface area contributed by atoms with Crippen molar-refractivity contribution in [3.05, 3.63) is 52.8 Å². The van der Waals surface area contributed by atoms with Gasteiger partial charge in [-0.1, -0.05) is 12.1 Å². The van der Waals surface area contributed by atoms with E-state index in [1.807, 2.05) is 44.8 Å². The van der Waals surface area contributed by atoms with Crippen LogP contribution in [0.2, 0.25) is 0 Å². The first-order valence-electron chi connectivity index (χ1n) is 8.61. The smallest absolute Gasteiger partial charge is 0.289 e. The van der Waals surface area contributed by atoms with Crippen molar-refractivity contribution < 1.29 is 9.21 Å². The molecule has 3 rings (SSSR count). The predicted octanol–water partition coefficient (Wildman–Crippen LogP) is 3.80. The summed E-state index contributed by atoms with van der Waals surface area (Å²) in [5, 5.41) is 1.02. The maximum Gasteiger partial charge on any atom is 0.289 e. The van der Waals surface area contributed by atoms with Crippen molar-refractivity contribution in [1.29, 1.82) is 0 Å². The van der Waals surface area contributed by atoms with Crippen LogP contribution in [0.1, 0.15) is 39.5 Å². The number of amides is 1. The van der Waals surface area contributed by atoms with Gasteiger partial charge in [-0.15, -0.1) is 0 Å². The predicted molar refractivity (Wildman–Crippen MR) is 98.9 cm³/mol. The molecule has 0 fully saturated rings. The topological polar surface area (TPSA) is 51.3 Å². The SMILES string of the molecule is Cc1ccc2c(C)c(C(=O)N(C)CCCc3nccn3C)oc2c1C. The number of aryl methyl sites for hydroxylation is 5. The average Bonchev–Trinajstić information content (AvgIpc) is 3.14. The van der Waals surface area contributed by atoms with Crippen LogP contribution in [0.5, 0.6) is 0 Å². The zero-order chi connectivity index (χ0) is 18.1. The summed E-state index contributed by atoms with van der Waals surface area (Å²) < 4.78 is 7.97. The summed E-state index contributed by atoms with van der Waals surface area (Å²) >= 11 is 0. The molecule has 0 N–H and O–H groups in total. The minimum atomic E-state index is -0.0643. The number of rotatable bonds is 5. The number of hydrogen-bond donors (Lipinski definition) is 0. The van der Waals surface area contributed by atoms with Gasteiger partial charge in [0.25, 0.3) is 5.91 Å². The van der Waals surface area contributed by atoms with Gasteiger partial charge >= 0.3 is 0 Å². The third-order valence-electron chi connectivity index (χ3n) is 4.98. The Kier molecular flexibility index (Phi) is 4.66. The highest BCUT2D eigenvalue weighted by molar-refractivity contribution is 5.99. The molecule has 0 saturated carbocycles. The molecule has 0 aliphatic rings. The Morgan fingerprint density at radius 1 is 1.24 bits per heavy atom. The lowest BCUT2D eigenvalue weighted by Gasteiger charge is -2.16. The first-order chi connectivity index (χ1) is 11.9. The zero-order valence-corrected chi connectivity index (χ0v) is 15.6. The number of fused-ring (bicyclic) bond motifs is 1. The minimum Gasteiger partial charge on any atom is -0.450 e. The standard InChI is InChI=1S/C20H25N3O2/c1-13-8-9-16-15(3)19(25-18(16)14(13)2)20(24)23(5)11-6-7-17-21-10-12-22(17)4/h8-10,12H,6-7,11H2,1-5H3. The summed E-state index contributed by atoms with van der Waals surface area (Å²) in [5.74, 6) is 1.42. The van der Waals surface area contributed by atoms with E-state index in [0.29, 0.717) is 12.3 Å². The van der Waals surface area contributed by atoms with Crippen molar-refractivity contribution in [3.63, 3.8) is 0 Å². The summed E-state index contributed by atoms with van der Waals surface area (Å²) in [4.78, 5) is 18.9. The Morgan fingerprint density at radius 3 is 2.68 bits per heavy atom. The van der Waals surface area contributed by atoms with E-state index < -0.39 is 0 Å². The van der Waals surface area contributed by atoms with E-state index in [1.54, 1.807) is 11.1 Å². The molecule has 0 unspecified atom stereocenters. The Balaban J connectivity index is 1.74. The van der Waals surface area contributed by atoms with E-state index in [-0.39, 0.29) is 5.91 Å². The van der Waals surface area contributed by atoms with Crippen LogP contribution < -0.4 is 0 Å². The van der Waals surface area contributed by atoms with E-state index in [4.69, 9.17) is 4.42 Å². The van der Waals surface area contributed by atoms with Gasteiger partial charge < -0.3 is 13.9 Å². The van der Waals surface area contributed by atoms with Crippen molar-refractivity contribution >= 4 is 16.9 Å². The molecule has 0 aliphatic heterocycles. The maximum absolute atomic E-state index is 12.8. The number of carbonyl (C=O) groups excluding carboxylic acids is 1. The summed E-state index contributed by atoms with van der Waals surface area (Å²) in [6.45, 7) is 6.71. The summed E-state index contributed by atoms with van der Waals surface area (Å²) in [7, 11) is 3.81. The van der Waals surface area contributed by atoms with E-state index in [0.717, 1.165) is 40.8 Å². The highest BCUT2D eigenvalue weighted by Gasteiger charge is 2.22. The fraction of sp³-hybridized carbons (Fsp3) is 0.400. The third kappa shape index (κ3) is 3.18. The molecule has 5 heteroatoms. The second-order valence-electron chi connectivity index (χ2n) is 6.72. The van der Waals surface area contributed by atoms with Crippen LogP contribution in [0.4, 0.5) is 0 Å². The van der Waals surface area contributed by atoms with Crippen LogP contribution in [0.15, 0.2) is 28.9 Å². The summed E-state index contributed by atoms with van der Waals surface area (Å²) in [5.41, 5.74) is 4.00. The van der Waals surface area contributed by atoms with Crippen molar-refractivity contribution in [2.45, 2.75) is 33.6 Å². The number of carbonyl (C=O) groups is 1. The largest absolute Gasteiger partial charge is 0.450 e. The number of benzene rings is 1. The Hall–Kier alpha value is -2.56. The molecule has 5 nitrogen and oxygen atoms in total. The van der Waals surface area contributed by atoms with E-state index in [1.165, 1.54) is 5.56 Å². The summed E-state index contributed by atoms with van der Waals surface area (Å²) in [6, 6.07) is 4.11. The van der Waals surface area contributed by atoms with E-state index >= 15 is 0 Å². The zero-order valence-electron chi connectivity index (χ0n) is 15.6. The van der Waals surface area contributed by atoms with Crippen molar-refractivity contribution in [1.82, 2.24) is 14.5 Å². The van der Waals surface area contributed by atoms with Crippen LogP contribution in [-0.2, 0) is 13.5 Å². The molecule has 1 amide bonds. The second-order valence-corrected chi connectivity index (χ2v) is 6.72. The number of furan rings is 1. The quantitative estimate of drug-likeness (QED) is 0.710. The lowest BCUT2D eigenvalue weighted by molar-refractivity contribution is 0.0763. The number of imidazole rings is 1. The van der Waals surface area contributed by atoms with Crippen LogP contribution in [0.3, 0.4) is 0 Å². The first-order valence-corrected chi connectivity index (χ1v) is 8.61.